The van der Waals surface area contributed by atoms with Gasteiger partial charge < -0.3 is 0 Å². The Kier molecular flexibility index (Phi) is 4.96. The molecule has 0 unspecified atom stereocenters. The Bertz CT molecular complexity index is 664. The molecule has 0 bridgehead atoms. The van der Waals surface area contributed by atoms with Crippen molar-refractivity contribution in [3.63, 3.8) is 0 Å². The molecule has 0 aliphatic heterocycles. The van der Waals surface area contributed by atoms with Crippen LogP contribution in [0.5, 0.6) is 0 Å². The third-order valence-electron chi connectivity index (χ3n) is 3.10. The zero-order chi connectivity index (χ0) is 16.5. The Hall–Kier alpha value is -0.951. The van der Waals surface area contributed by atoms with E-state index in [1.807, 2.05) is 0 Å². The fourth-order valence-electron chi connectivity index (χ4n) is 1.99. The molecular formula is C15H16ClF3N2Sn. The summed E-state index contributed by atoms with van der Waals surface area (Å²) in [6.07, 6.45) is -4.46. The average Bonchev–Trinajstić information content (AvgIpc) is 2.39. The van der Waals surface area contributed by atoms with E-state index >= 15 is 0 Å². The summed E-state index contributed by atoms with van der Waals surface area (Å²) in [5.74, 6) is 0.292. The molecule has 1 N–H and O–H groups in total. The van der Waals surface area contributed by atoms with Crippen molar-refractivity contribution in [3.05, 3.63) is 47.1 Å². The van der Waals surface area contributed by atoms with Gasteiger partial charge in [-0.05, 0) is 0 Å². The van der Waals surface area contributed by atoms with E-state index < -0.39 is 30.2 Å². The predicted molar refractivity (Wildman–Crippen MR) is 87.0 cm³/mol. The van der Waals surface area contributed by atoms with E-state index in [1.165, 1.54) is 0 Å². The Morgan fingerprint density at radius 1 is 1.00 bits per heavy atom. The first-order chi connectivity index (χ1) is 10.1. The number of anilines is 2. The normalized spacial score (nSPS) is 12.3. The van der Waals surface area contributed by atoms with Gasteiger partial charge >= 0.3 is 137 Å². The van der Waals surface area contributed by atoms with Gasteiger partial charge in [-0.1, -0.05) is 0 Å². The monoisotopic (exact) mass is 436 g/mol. The molecular weight excluding hydrogens is 419 g/mol. The summed E-state index contributed by atoms with van der Waals surface area (Å²) >= 11 is 3.21. The maximum atomic E-state index is 12.9. The van der Waals surface area contributed by atoms with Crippen LogP contribution >= 0.6 is 11.6 Å². The number of nitrogens with one attached hydrogen (secondary N) is 1. The number of alkyl halides is 3. The number of aromatic nitrogens is 1. The number of pyridine rings is 1. The molecule has 0 aliphatic carbocycles. The number of halogens is 4. The van der Waals surface area contributed by atoms with Crippen LogP contribution in [0.3, 0.4) is 0 Å². The van der Waals surface area contributed by atoms with E-state index in [1.54, 1.807) is 30.3 Å². The molecule has 2 aromatic rings. The summed E-state index contributed by atoms with van der Waals surface area (Å²) in [7, 11) is 0. The zero-order valence-electron chi connectivity index (χ0n) is 12.4. The average molecular weight is 435 g/mol. The van der Waals surface area contributed by atoms with E-state index in [4.69, 9.17) is 11.6 Å². The third-order valence-corrected chi connectivity index (χ3v) is 9.12. The van der Waals surface area contributed by atoms with Crippen LogP contribution in [0.4, 0.5) is 24.7 Å². The standard InChI is InChI=1S/C12H7ClF3N2.3CH3.Sn/c13-8-4-6-9(7-5-8)17-11-3-1-2-10(18-11)12(14,15)16;;;;/h1-2,4-7H,(H,17,18);3*1H3;. The summed E-state index contributed by atoms with van der Waals surface area (Å²) in [4.78, 5) is 10.2. The van der Waals surface area contributed by atoms with Gasteiger partial charge in [0.05, 0.1) is 0 Å². The maximum absolute atomic E-state index is 12.9. The Morgan fingerprint density at radius 3 is 2.09 bits per heavy atom. The van der Waals surface area contributed by atoms with Crippen LogP contribution in [-0.4, -0.2) is 23.4 Å². The molecule has 0 fully saturated rings. The molecule has 0 saturated carbocycles. The quantitative estimate of drug-likeness (QED) is 0.683. The van der Waals surface area contributed by atoms with Crippen LogP contribution in [0, 0.1) is 0 Å². The van der Waals surface area contributed by atoms with Gasteiger partial charge in [0.15, 0.2) is 0 Å². The fourth-order valence-corrected chi connectivity index (χ4v) is 6.14. The van der Waals surface area contributed by atoms with E-state index in [2.05, 4.69) is 25.1 Å². The molecule has 0 amide bonds. The zero-order valence-corrected chi connectivity index (χ0v) is 16.0. The third kappa shape index (κ3) is 4.29. The summed E-state index contributed by atoms with van der Waals surface area (Å²) in [6, 6.07) is 9.41. The molecule has 1 heterocycles. The number of nitrogens with zero attached hydrogens (tertiary/aromatic N) is 1. The molecule has 2 rings (SSSR count). The van der Waals surface area contributed by atoms with Crippen LogP contribution in [-0.2, 0) is 6.18 Å². The summed E-state index contributed by atoms with van der Waals surface area (Å²) < 4.78 is 39.6. The van der Waals surface area contributed by atoms with Crippen molar-refractivity contribution < 1.29 is 13.2 Å². The number of hydrogen-bond donors (Lipinski definition) is 1. The van der Waals surface area contributed by atoms with Crippen molar-refractivity contribution in [3.8, 4) is 0 Å². The van der Waals surface area contributed by atoms with Crippen molar-refractivity contribution in [2.45, 2.75) is 21.0 Å². The second-order valence-corrected chi connectivity index (χ2v) is 20.8. The van der Waals surface area contributed by atoms with Crippen molar-refractivity contribution >= 4 is 45.1 Å². The Morgan fingerprint density at radius 2 is 1.59 bits per heavy atom. The van der Waals surface area contributed by atoms with Gasteiger partial charge in [-0.15, -0.1) is 0 Å². The van der Waals surface area contributed by atoms with Gasteiger partial charge in [0.1, 0.15) is 0 Å². The molecule has 1 aromatic carbocycles. The van der Waals surface area contributed by atoms with Crippen molar-refractivity contribution in [2.75, 3.05) is 5.32 Å². The Balaban J connectivity index is 2.47. The van der Waals surface area contributed by atoms with Gasteiger partial charge in [-0.2, -0.15) is 0 Å². The van der Waals surface area contributed by atoms with E-state index in [9.17, 15) is 13.2 Å². The molecule has 22 heavy (non-hydrogen) atoms. The van der Waals surface area contributed by atoms with Crippen molar-refractivity contribution in [1.82, 2.24) is 4.98 Å². The van der Waals surface area contributed by atoms with E-state index in [-0.39, 0.29) is 0 Å². The molecule has 1 aromatic heterocycles. The SMILES string of the molecule is [CH3][Sn]([CH3])([CH3])[c]1ccc(C(F)(F)F)nc1Nc1ccc(Cl)cc1. The van der Waals surface area contributed by atoms with E-state index in [0.717, 1.165) is 9.65 Å². The van der Waals surface area contributed by atoms with Gasteiger partial charge in [0, 0.05) is 0 Å². The van der Waals surface area contributed by atoms with Gasteiger partial charge in [0.2, 0.25) is 0 Å². The molecule has 2 nitrogen and oxygen atoms in total. The van der Waals surface area contributed by atoms with Gasteiger partial charge in [-0.25, -0.2) is 0 Å². The molecule has 0 radical (unpaired) electrons. The molecule has 0 aliphatic rings. The fraction of sp³-hybridized carbons (Fsp3) is 0.267. The summed E-state index contributed by atoms with van der Waals surface area (Å²) in [6.45, 7) is 0. The first-order valence-corrected chi connectivity index (χ1v) is 17.1. The van der Waals surface area contributed by atoms with Gasteiger partial charge in [-0.3, -0.25) is 0 Å². The van der Waals surface area contributed by atoms with Crippen LogP contribution in [0.25, 0.3) is 0 Å². The number of benzene rings is 1. The number of rotatable bonds is 3. The van der Waals surface area contributed by atoms with Crippen LogP contribution < -0.4 is 8.90 Å². The first kappa shape index (κ1) is 17.4. The molecule has 0 saturated heterocycles. The summed E-state index contributed by atoms with van der Waals surface area (Å²) in [5, 5.41) is 3.57. The molecule has 0 spiro atoms. The first-order valence-electron chi connectivity index (χ1n) is 6.69. The Labute approximate surface area is 136 Å². The second-order valence-electron chi connectivity index (χ2n) is 5.97. The van der Waals surface area contributed by atoms with Crippen LogP contribution in [0.15, 0.2) is 36.4 Å². The van der Waals surface area contributed by atoms with Crippen molar-refractivity contribution in [2.24, 2.45) is 0 Å². The number of hydrogen-bond acceptors (Lipinski definition) is 2. The van der Waals surface area contributed by atoms with Crippen molar-refractivity contribution in [1.29, 1.82) is 0 Å². The molecule has 118 valence electrons. The molecule has 0 atom stereocenters. The van der Waals surface area contributed by atoms with Gasteiger partial charge in [0.25, 0.3) is 0 Å². The van der Waals surface area contributed by atoms with Crippen LogP contribution in [0.2, 0.25) is 19.8 Å². The second kappa shape index (κ2) is 6.28. The van der Waals surface area contributed by atoms with E-state index in [0.29, 0.717) is 16.5 Å². The summed E-state index contributed by atoms with van der Waals surface area (Å²) in [5.41, 5.74) is -0.226. The minimum absolute atomic E-state index is 0.292. The van der Waals surface area contributed by atoms with Crippen LogP contribution in [0.1, 0.15) is 5.69 Å². The minimum atomic E-state index is -4.46. The molecule has 7 heteroatoms. The topological polar surface area (TPSA) is 24.9 Å². The predicted octanol–water partition coefficient (Wildman–Crippen LogP) is 5.04.